The highest BCUT2D eigenvalue weighted by atomic mass is 16.6. The highest BCUT2D eigenvalue weighted by Gasteiger charge is 2.68. The number of aliphatic hydroxyl groups excluding tert-OH is 1. The van der Waals surface area contributed by atoms with Crippen molar-refractivity contribution >= 4 is 36.4 Å². The smallest absolute Gasteiger partial charge is 0.474 e. The molecule has 0 unspecified atom stereocenters. The first-order chi connectivity index (χ1) is 19.3. The summed E-state index contributed by atoms with van der Waals surface area (Å²) in [6.07, 6.45) is 5.22. The molecular weight excluding hydrogens is 523 g/mol. The van der Waals surface area contributed by atoms with Gasteiger partial charge in [-0.05, 0) is 66.1 Å². The molecule has 0 saturated heterocycles. The van der Waals surface area contributed by atoms with E-state index in [-0.39, 0.29) is 35.6 Å². The fraction of sp³-hybridized carbons (Fsp3) is 0.613. The summed E-state index contributed by atoms with van der Waals surface area (Å²) in [6.45, 7) is 13.3. The first kappa shape index (κ1) is 29.5. The molecule has 0 aromatic heterocycles. The summed E-state index contributed by atoms with van der Waals surface area (Å²) >= 11 is 0. The van der Waals surface area contributed by atoms with Crippen molar-refractivity contribution in [2.24, 2.45) is 39.1 Å². The lowest BCUT2D eigenvalue weighted by Gasteiger charge is -2.61. The molecule has 2 bridgehead atoms. The second kappa shape index (κ2) is 10.4. The van der Waals surface area contributed by atoms with Gasteiger partial charge in [0, 0.05) is 30.1 Å². The Morgan fingerprint density at radius 1 is 1.27 bits per heavy atom. The number of carbonyl (C=O) groups is 3. The Bertz CT molecular complexity index is 1300. The Balaban J connectivity index is 1.40. The molecule has 5 rings (SSSR count). The van der Waals surface area contributed by atoms with Gasteiger partial charge in [-0.2, -0.15) is 5.10 Å². The zero-order valence-corrected chi connectivity index (χ0v) is 24.6. The fourth-order valence-electron chi connectivity index (χ4n) is 8.39. The van der Waals surface area contributed by atoms with Crippen LogP contribution in [0.5, 0.6) is 5.75 Å². The molecule has 1 aliphatic heterocycles. The van der Waals surface area contributed by atoms with Crippen LogP contribution in [-0.4, -0.2) is 64.8 Å². The van der Waals surface area contributed by atoms with Gasteiger partial charge in [0.05, 0.1) is 12.3 Å². The molecule has 2 N–H and O–H groups in total. The molecule has 0 spiro atoms. The molecule has 1 aromatic carbocycles. The third kappa shape index (κ3) is 4.54. The van der Waals surface area contributed by atoms with Crippen LogP contribution in [0.3, 0.4) is 0 Å². The number of ether oxygens (including phenoxy) is 2. The second-order valence-corrected chi connectivity index (χ2v) is 13.1. The second-order valence-electron chi connectivity index (χ2n) is 13.1. The number of esters is 1. The minimum Gasteiger partial charge on any atom is -0.482 e. The Kier molecular flexibility index (Phi) is 7.48. The lowest BCUT2D eigenvalue weighted by Crippen LogP contribution is -2.63. The monoisotopic (exact) mass is 564 g/mol. The quantitative estimate of drug-likeness (QED) is 0.320. The van der Waals surface area contributed by atoms with E-state index in [1.807, 2.05) is 6.92 Å². The molecule has 41 heavy (non-hydrogen) atoms. The van der Waals surface area contributed by atoms with Gasteiger partial charge in [0.15, 0.2) is 6.61 Å². The minimum absolute atomic E-state index is 0.0999. The number of ketones is 1. The van der Waals surface area contributed by atoms with Gasteiger partial charge in [-0.15, -0.1) is 6.58 Å². The van der Waals surface area contributed by atoms with Crippen molar-refractivity contribution < 1.29 is 34.0 Å². The number of benzene rings is 1. The number of nitrogens with zero attached hydrogens (tertiary/aromatic N) is 2. The van der Waals surface area contributed by atoms with Crippen LogP contribution in [0.4, 0.5) is 0 Å². The fourth-order valence-corrected chi connectivity index (χ4v) is 8.39. The van der Waals surface area contributed by atoms with E-state index in [9.17, 15) is 24.5 Å². The van der Waals surface area contributed by atoms with E-state index in [2.05, 4.69) is 32.5 Å². The van der Waals surface area contributed by atoms with Crippen molar-refractivity contribution in [1.82, 2.24) is 4.92 Å². The lowest BCUT2D eigenvalue weighted by molar-refractivity contribution is -0.207. The van der Waals surface area contributed by atoms with Crippen LogP contribution in [0.2, 0.25) is 0 Å². The molecule has 0 radical (unpaired) electrons. The van der Waals surface area contributed by atoms with Crippen molar-refractivity contribution in [1.29, 1.82) is 0 Å². The average molecular weight is 564 g/mol. The maximum atomic E-state index is 13.5. The van der Waals surface area contributed by atoms with Crippen LogP contribution in [0.15, 0.2) is 36.0 Å². The lowest BCUT2D eigenvalue weighted by atomic mass is 9.44. The topological polar surface area (TPSA) is 126 Å². The van der Waals surface area contributed by atoms with E-state index < -0.39 is 42.0 Å². The van der Waals surface area contributed by atoms with Gasteiger partial charge in [-0.1, -0.05) is 39.8 Å². The van der Waals surface area contributed by atoms with E-state index in [0.29, 0.717) is 29.6 Å². The van der Waals surface area contributed by atoms with Crippen LogP contribution in [-0.2, 0) is 19.1 Å². The molecule has 8 atom stereocenters. The molecule has 10 heteroatoms. The molecule has 1 heterocycles. The van der Waals surface area contributed by atoms with Gasteiger partial charge < -0.3 is 19.6 Å². The normalized spacial score (nSPS) is 37.9. The van der Waals surface area contributed by atoms with E-state index in [4.69, 9.17) is 9.47 Å². The van der Waals surface area contributed by atoms with Gasteiger partial charge in [-0.3, -0.25) is 9.59 Å². The van der Waals surface area contributed by atoms with E-state index in [1.165, 1.54) is 13.1 Å². The van der Waals surface area contributed by atoms with E-state index in [1.54, 1.807) is 24.3 Å². The zero-order chi connectivity index (χ0) is 29.9. The summed E-state index contributed by atoms with van der Waals surface area (Å²) in [7, 11) is -1.26. The number of fused-ring (bicyclic) bond motifs is 1. The van der Waals surface area contributed by atoms with Gasteiger partial charge in [0.25, 0.3) is 0 Å². The number of rotatable bonds is 5. The third-order valence-corrected chi connectivity index (χ3v) is 11.1. The Labute approximate surface area is 242 Å². The van der Waals surface area contributed by atoms with Gasteiger partial charge in [0.1, 0.15) is 17.6 Å². The zero-order valence-electron chi connectivity index (χ0n) is 24.6. The van der Waals surface area contributed by atoms with E-state index in [0.717, 1.165) is 24.2 Å². The summed E-state index contributed by atoms with van der Waals surface area (Å²) in [4.78, 5) is 39.7. The highest BCUT2D eigenvalue weighted by molar-refractivity contribution is 6.67. The Hall–Kier alpha value is -2.98. The summed E-state index contributed by atoms with van der Waals surface area (Å²) in [5.41, 5.74) is -0.590. The predicted octanol–water partition coefficient (Wildman–Crippen LogP) is 2.86. The summed E-state index contributed by atoms with van der Waals surface area (Å²) in [5, 5.41) is 26.2. The molecule has 1 amide bonds. The van der Waals surface area contributed by atoms with Gasteiger partial charge in [-0.25, -0.2) is 9.71 Å². The van der Waals surface area contributed by atoms with Crippen molar-refractivity contribution in [3.63, 3.8) is 0 Å². The van der Waals surface area contributed by atoms with Crippen LogP contribution in [0, 0.1) is 34.0 Å². The molecule has 4 aliphatic rings. The predicted molar refractivity (Wildman–Crippen MR) is 154 cm³/mol. The molecule has 3 aliphatic carbocycles. The molecule has 3 saturated carbocycles. The van der Waals surface area contributed by atoms with Gasteiger partial charge in [0.2, 0.25) is 5.91 Å². The molecule has 3 fully saturated rings. The standard InChI is InChI=1S/C31H41BN2O7/c1-7-29(5)15-25(30(6)18(2)10-12-31(19(3)28(29)38)13-11-24(36)27(30)31)41-26(37)17-40-22-9-8-21-16-33-34(20(4)35)32(39)23(21)14-22/h7-9,14,16,18-19,25,27-28,38-39H,1,10-13,15,17H2,2-6H3/t18-,19+,25-,27+,28+,29-,30+,31+/m1/s1. The summed E-state index contributed by atoms with van der Waals surface area (Å²) in [6, 6.07) is 4.93. The minimum atomic E-state index is -1.26. The molecule has 9 nitrogen and oxygen atoms in total. The van der Waals surface area contributed by atoms with Gasteiger partial charge >= 0.3 is 13.0 Å². The average Bonchev–Trinajstić information content (AvgIpc) is 3.30. The third-order valence-electron chi connectivity index (χ3n) is 11.1. The van der Waals surface area contributed by atoms with Crippen molar-refractivity contribution in [2.75, 3.05) is 6.61 Å². The van der Waals surface area contributed by atoms with Crippen LogP contribution < -0.4 is 10.2 Å². The van der Waals surface area contributed by atoms with E-state index >= 15 is 0 Å². The maximum absolute atomic E-state index is 13.5. The summed E-state index contributed by atoms with van der Waals surface area (Å²) in [5.74, 6) is -0.723. The Morgan fingerprint density at radius 3 is 2.68 bits per heavy atom. The van der Waals surface area contributed by atoms with Crippen molar-refractivity contribution in [2.45, 2.75) is 78.9 Å². The van der Waals surface area contributed by atoms with Crippen LogP contribution in [0.25, 0.3) is 0 Å². The number of aliphatic hydroxyl groups is 1. The number of hydrogen-bond acceptors (Lipinski definition) is 8. The summed E-state index contributed by atoms with van der Waals surface area (Å²) < 4.78 is 12.0. The molecule has 1 aromatic rings. The number of Topliss-reactive ketones (excluding diaryl/α,β-unsaturated/α-hetero) is 1. The largest absolute Gasteiger partial charge is 0.482 e. The first-order valence-electron chi connectivity index (χ1n) is 14.6. The number of hydrazone groups is 1. The molecule has 220 valence electrons. The number of amides is 1. The van der Waals surface area contributed by atoms with Crippen molar-refractivity contribution in [3.05, 3.63) is 36.4 Å². The molecular formula is C31H41BN2O7. The van der Waals surface area contributed by atoms with Crippen LogP contribution >= 0.6 is 0 Å². The maximum Gasteiger partial charge on any atom is 0.474 e. The Morgan fingerprint density at radius 2 is 2.00 bits per heavy atom. The van der Waals surface area contributed by atoms with Crippen LogP contribution in [0.1, 0.15) is 72.3 Å². The number of hydrogen-bond donors (Lipinski definition) is 2. The first-order valence-corrected chi connectivity index (χ1v) is 14.6. The number of carbonyl (C=O) groups excluding carboxylic acids is 3. The highest BCUT2D eigenvalue weighted by Crippen LogP contribution is 2.68. The van der Waals surface area contributed by atoms with Crippen molar-refractivity contribution in [3.8, 4) is 5.75 Å². The SMILES string of the molecule is C=C[C@]1(C)C[C@@H](OC(=O)COc2ccc3c(c2)B(O)N(C(C)=O)N=C3)[C@]2(C)[C@H](C)CC[C@]3(CCC(=O)[C@H]32)[C@@H](C)[C@@H]1O.